The van der Waals surface area contributed by atoms with E-state index < -0.39 is 37.8 Å². The minimum Gasteiger partial charge on any atom is -0.430 e. The van der Waals surface area contributed by atoms with Gasteiger partial charge in [0.05, 0.1) is 5.39 Å². The SMILES string of the molecule is CS(=O)(=O)c1c(F)oc2ccc(F)c(F)c12. The lowest BCUT2D eigenvalue weighted by molar-refractivity contribution is 0.363. The smallest absolute Gasteiger partial charge is 0.298 e. The van der Waals surface area contributed by atoms with Crippen LogP contribution in [0.2, 0.25) is 0 Å². The molecular weight excluding hydrogens is 245 g/mol. The Labute approximate surface area is 88.4 Å². The molecule has 0 aliphatic carbocycles. The van der Waals surface area contributed by atoms with E-state index in [9.17, 15) is 21.6 Å². The molecule has 1 heterocycles. The minimum absolute atomic E-state index is 0.350. The molecule has 1 aromatic heterocycles. The molecule has 0 fully saturated rings. The molecule has 0 spiro atoms. The third kappa shape index (κ3) is 1.47. The third-order valence-corrected chi connectivity index (χ3v) is 3.14. The van der Waals surface area contributed by atoms with Crippen molar-refractivity contribution in [1.82, 2.24) is 0 Å². The zero-order valence-electron chi connectivity index (χ0n) is 7.92. The Hall–Kier alpha value is -1.50. The zero-order chi connectivity index (χ0) is 12.1. The predicted molar refractivity (Wildman–Crippen MR) is 49.2 cm³/mol. The van der Waals surface area contributed by atoms with E-state index in [4.69, 9.17) is 0 Å². The summed E-state index contributed by atoms with van der Waals surface area (Å²) >= 11 is 0. The van der Waals surface area contributed by atoms with Gasteiger partial charge >= 0.3 is 0 Å². The lowest BCUT2D eigenvalue weighted by Crippen LogP contribution is -1.99. The molecule has 2 aromatic rings. The second-order valence-corrected chi connectivity index (χ2v) is 5.16. The Morgan fingerprint density at radius 1 is 1.19 bits per heavy atom. The first-order chi connectivity index (χ1) is 7.32. The van der Waals surface area contributed by atoms with Crippen molar-refractivity contribution in [3.05, 3.63) is 29.8 Å². The van der Waals surface area contributed by atoms with E-state index in [1.165, 1.54) is 0 Å². The molecule has 3 nitrogen and oxygen atoms in total. The molecule has 0 radical (unpaired) electrons. The van der Waals surface area contributed by atoms with E-state index in [0.717, 1.165) is 12.1 Å². The number of sulfone groups is 1. The van der Waals surface area contributed by atoms with Crippen LogP contribution in [-0.2, 0) is 9.84 Å². The molecule has 1 aromatic carbocycles. The molecule has 0 saturated heterocycles. The largest absolute Gasteiger partial charge is 0.430 e. The number of furan rings is 1. The Morgan fingerprint density at radius 3 is 2.38 bits per heavy atom. The first-order valence-corrected chi connectivity index (χ1v) is 5.97. The van der Waals surface area contributed by atoms with Crippen LogP contribution in [0.3, 0.4) is 0 Å². The van der Waals surface area contributed by atoms with Crippen LogP contribution < -0.4 is 0 Å². The van der Waals surface area contributed by atoms with Gasteiger partial charge in [0, 0.05) is 6.26 Å². The van der Waals surface area contributed by atoms with Gasteiger partial charge in [-0.25, -0.2) is 17.2 Å². The zero-order valence-corrected chi connectivity index (χ0v) is 8.74. The highest BCUT2D eigenvalue weighted by Gasteiger charge is 2.26. The van der Waals surface area contributed by atoms with Crippen LogP contribution in [-0.4, -0.2) is 14.7 Å². The third-order valence-electron chi connectivity index (χ3n) is 2.03. The van der Waals surface area contributed by atoms with Crippen LogP contribution in [0, 0.1) is 17.6 Å². The standard InChI is InChI=1S/C9H5F3O3S/c1-16(13,14)8-6-5(15-9(8)12)3-2-4(10)7(6)11/h2-3H,1H3. The summed E-state index contributed by atoms with van der Waals surface area (Å²) in [6.07, 6.45) is 0.685. The van der Waals surface area contributed by atoms with Crippen LogP contribution in [0.1, 0.15) is 0 Å². The highest BCUT2D eigenvalue weighted by atomic mass is 32.2. The fourth-order valence-electron chi connectivity index (χ4n) is 1.40. The van der Waals surface area contributed by atoms with Gasteiger partial charge in [0.2, 0.25) is 0 Å². The molecule has 86 valence electrons. The van der Waals surface area contributed by atoms with E-state index in [1.807, 2.05) is 0 Å². The minimum atomic E-state index is -4.03. The van der Waals surface area contributed by atoms with Gasteiger partial charge in [-0.15, -0.1) is 0 Å². The molecular formula is C9H5F3O3S. The number of hydrogen-bond acceptors (Lipinski definition) is 3. The van der Waals surface area contributed by atoms with Crippen LogP contribution >= 0.6 is 0 Å². The number of hydrogen-bond donors (Lipinski definition) is 0. The lowest BCUT2D eigenvalue weighted by atomic mass is 10.2. The fraction of sp³-hybridized carbons (Fsp3) is 0.111. The van der Waals surface area contributed by atoms with Gasteiger partial charge in [-0.2, -0.15) is 4.39 Å². The van der Waals surface area contributed by atoms with Crippen molar-refractivity contribution in [3.63, 3.8) is 0 Å². The van der Waals surface area contributed by atoms with Gasteiger partial charge < -0.3 is 4.42 Å². The molecule has 0 bridgehead atoms. The maximum atomic E-state index is 13.3. The first-order valence-electron chi connectivity index (χ1n) is 4.08. The normalized spacial score (nSPS) is 12.2. The summed E-state index contributed by atoms with van der Waals surface area (Å²) in [5, 5.41) is -0.694. The summed E-state index contributed by atoms with van der Waals surface area (Å²) in [5.41, 5.74) is -0.350. The molecule has 7 heteroatoms. The van der Waals surface area contributed by atoms with E-state index in [2.05, 4.69) is 4.42 Å². The second-order valence-electron chi connectivity index (χ2n) is 3.21. The highest BCUT2D eigenvalue weighted by molar-refractivity contribution is 7.91. The summed E-state index contributed by atoms with van der Waals surface area (Å²) in [7, 11) is -4.03. The molecule has 0 N–H and O–H groups in total. The number of fused-ring (bicyclic) bond motifs is 1. The van der Waals surface area contributed by atoms with Crippen molar-refractivity contribution >= 4 is 20.8 Å². The van der Waals surface area contributed by atoms with Gasteiger partial charge in [0.1, 0.15) is 5.58 Å². The topological polar surface area (TPSA) is 47.3 Å². The van der Waals surface area contributed by atoms with Crippen molar-refractivity contribution in [2.45, 2.75) is 4.90 Å². The maximum Gasteiger partial charge on any atom is 0.298 e. The Morgan fingerprint density at radius 2 is 1.81 bits per heavy atom. The van der Waals surface area contributed by atoms with Crippen molar-refractivity contribution in [2.24, 2.45) is 0 Å². The number of halogens is 3. The quantitative estimate of drug-likeness (QED) is 0.779. The second kappa shape index (κ2) is 3.24. The lowest BCUT2D eigenvalue weighted by Gasteiger charge is -1.96. The van der Waals surface area contributed by atoms with Gasteiger partial charge in [-0.1, -0.05) is 0 Å². The van der Waals surface area contributed by atoms with Crippen LogP contribution in [0.25, 0.3) is 11.0 Å². The highest BCUT2D eigenvalue weighted by Crippen LogP contribution is 2.31. The summed E-state index contributed by atoms with van der Waals surface area (Å²) in [6, 6.07) is 0.250. The summed E-state index contributed by atoms with van der Waals surface area (Å²) < 4.78 is 66.2. The van der Waals surface area contributed by atoms with E-state index in [-0.39, 0.29) is 5.58 Å². The number of benzene rings is 1. The molecule has 0 aliphatic rings. The molecule has 0 saturated carbocycles. The average molecular weight is 250 g/mol. The van der Waals surface area contributed by atoms with Crippen molar-refractivity contribution < 1.29 is 26.0 Å². The van der Waals surface area contributed by atoms with Gasteiger partial charge in [0.25, 0.3) is 6.01 Å². The van der Waals surface area contributed by atoms with E-state index in [0.29, 0.717) is 6.26 Å². The van der Waals surface area contributed by atoms with Crippen LogP contribution in [0.5, 0.6) is 0 Å². The average Bonchev–Trinajstić information content (AvgIpc) is 2.48. The monoisotopic (exact) mass is 250 g/mol. The van der Waals surface area contributed by atoms with Gasteiger partial charge in [-0.05, 0) is 12.1 Å². The van der Waals surface area contributed by atoms with Crippen molar-refractivity contribution in [2.75, 3.05) is 6.26 Å². The first kappa shape index (κ1) is 11.0. The van der Waals surface area contributed by atoms with E-state index >= 15 is 0 Å². The van der Waals surface area contributed by atoms with Crippen LogP contribution in [0.15, 0.2) is 21.4 Å². The molecule has 0 atom stereocenters. The number of rotatable bonds is 1. The maximum absolute atomic E-state index is 13.3. The summed E-state index contributed by atoms with van der Waals surface area (Å²) in [6.45, 7) is 0. The summed E-state index contributed by atoms with van der Waals surface area (Å²) in [5.74, 6) is -2.70. The molecule has 0 amide bonds. The van der Waals surface area contributed by atoms with Crippen molar-refractivity contribution in [1.29, 1.82) is 0 Å². The molecule has 0 aliphatic heterocycles. The van der Waals surface area contributed by atoms with Crippen LogP contribution in [0.4, 0.5) is 13.2 Å². The molecule has 2 rings (SSSR count). The fourth-order valence-corrected chi connectivity index (χ4v) is 2.30. The predicted octanol–water partition coefficient (Wildman–Crippen LogP) is 2.25. The summed E-state index contributed by atoms with van der Waals surface area (Å²) in [4.78, 5) is -0.959. The van der Waals surface area contributed by atoms with Gasteiger partial charge in [-0.3, -0.25) is 0 Å². The van der Waals surface area contributed by atoms with Gasteiger partial charge in [0.15, 0.2) is 26.4 Å². The Bertz CT molecular complexity index is 673. The molecule has 0 unspecified atom stereocenters. The van der Waals surface area contributed by atoms with E-state index in [1.54, 1.807) is 0 Å². The Balaban J connectivity index is 3.04. The molecule has 16 heavy (non-hydrogen) atoms. The van der Waals surface area contributed by atoms with Crippen molar-refractivity contribution in [3.8, 4) is 0 Å². The Kier molecular flexibility index (Phi) is 2.23.